The first-order valence-electron chi connectivity index (χ1n) is 9.77. The highest BCUT2D eigenvalue weighted by molar-refractivity contribution is 5.83. The molecular formula is C22H20F2N4O. The van der Waals surface area contributed by atoms with E-state index in [1.807, 2.05) is 24.3 Å². The molecule has 0 radical (unpaired) electrons. The third-order valence-corrected chi connectivity index (χ3v) is 5.71. The van der Waals surface area contributed by atoms with E-state index in [-0.39, 0.29) is 5.52 Å². The zero-order valence-electron chi connectivity index (χ0n) is 15.7. The number of rotatable bonds is 3. The van der Waals surface area contributed by atoms with Crippen molar-refractivity contribution >= 4 is 21.9 Å². The minimum Gasteiger partial charge on any atom is -0.323 e. The predicted octanol–water partition coefficient (Wildman–Crippen LogP) is 3.67. The molecule has 2 aromatic heterocycles. The highest BCUT2D eigenvalue weighted by Gasteiger charge is 2.23. The van der Waals surface area contributed by atoms with Crippen LogP contribution in [0.4, 0.5) is 8.78 Å². The average Bonchev–Trinajstić information content (AvgIpc) is 3.10. The molecule has 1 aliphatic heterocycles. The molecule has 1 aliphatic rings. The third kappa shape index (κ3) is 3.11. The molecule has 0 saturated carbocycles. The topological polar surface area (TPSA) is 62.7 Å². The molecule has 29 heavy (non-hydrogen) atoms. The number of pyridine rings is 1. The average molecular weight is 394 g/mol. The summed E-state index contributed by atoms with van der Waals surface area (Å²) in [6.07, 6.45) is 1.97. The Hall–Kier alpha value is -3.06. The van der Waals surface area contributed by atoms with Crippen molar-refractivity contribution in [3.8, 4) is 0 Å². The predicted molar refractivity (Wildman–Crippen MR) is 108 cm³/mol. The minimum atomic E-state index is -1.03. The van der Waals surface area contributed by atoms with Crippen LogP contribution in [0.5, 0.6) is 0 Å². The SMILES string of the molecule is O=c1cc(Cn2c(C3CCNCC3)nc3ccccc32)c2ccc(F)c(F)c2[nH]1. The first kappa shape index (κ1) is 18.0. The van der Waals surface area contributed by atoms with Gasteiger partial charge in [0.15, 0.2) is 11.6 Å². The van der Waals surface area contributed by atoms with Gasteiger partial charge in [-0.15, -0.1) is 0 Å². The second-order valence-corrected chi connectivity index (χ2v) is 7.51. The second kappa shape index (κ2) is 7.08. The van der Waals surface area contributed by atoms with Crippen LogP contribution in [0.2, 0.25) is 0 Å². The first-order valence-corrected chi connectivity index (χ1v) is 9.77. The van der Waals surface area contributed by atoms with Gasteiger partial charge < -0.3 is 14.9 Å². The Morgan fingerprint density at radius 1 is 1.10 bits per heavy atom. The van der Waals surface area contributed by atoms with Crippen molar-refractivity contribution in [1.29, 1.82) is 0 Å². The normalized spacial score (nSPS) is 15.4. The van der Waals surface area contributed by atoms with Crippen LogP contribution in [0, 0.1) is 11.6 Å². The van der Waals surface area contributed by atoms with Crippen LogP contribution in [0.15, 0.2) is 47.3 Å². The monoisotopic (exact) mass is 394 g/mol. The molecule has 2 aromatic carbocycles. The third-order valence-electron chi connectivity index (χ3n) is 5.71. The zero-order valence-corrected chi connectivity index (χ0v) is 15.7. The quantitative estimate of drug-likeness (QED) is 0.557. The lowest BCUT2D eigenvalue weighted by Crippen LogP contribution is -2.28. The number of para-hydroxylation sites is 2. The van der Waals surface area contributed by atoms with Gasteiger partial charge in [0.2, 0.25) is 5.56 Å². The van der Waals surface area contributed by atoms with E-state index in [4.69, 9.17) is 4.98 Å². The number of nitrogens with one attached hydrogen (secondary N) is 2. The number of imidazole rings is 1. The standard InChI is InChI=1S/C22H20F2N4O/c23-16-6-5-15-14(11-19(29)27-21(15)20(16)24)12-28-18-4-2-1-3-17(18)26-22(28)13-7-9-25-10-8-13/h1-6,11,13,25H,7-10,12H2,(H,27,29). The van der Waals surface area contributed by atoms with E-state index in [1.165, 1.54) is 12.1 Å². The maximum atomic E-state index is 14.3. The Balaban J connectivity index is 1.69. The molecule has 0 spiro atoms. The molecule has 0 atom stereocenters. The van der Waals surface area contributed by atoms with Crippen molar-refractivity contribution in [2.75, 3.05) is 13.1 Å². The molecule has 0 unspecified atom stereocenters. The van der Waals surface area contributed by atoms with E-state index in [0.717, 1.165) is 48.9 Å². The Morgan fingerprint density at radius 3 is 2.72 bits per heavy atom. The van der Waals surface area contributed by atoms with Crippen molar-refractivity contribution in [2.45, 2.75) is 25.3 Å². The smallest absolute Gasteiger partial charge is 0.248 e. The summed E-state index contributed by atoms with van der Waals surface area (Å²) < 4.78 is 30.1. The van der Waals surface area contributed by atoms with Gasteiger partial charge in [-0.1, -0.05) is 12.1 Å². The van der Waals surface area contributed by atoms with Gasteiger partial charge in [-0.3, -0.25) is 4.79 Å². The number of halogens is 2. The fourth-order valence-corrected chi connectivity index (χ4v) is 4.29. The lowest BCUT2D eigenvalue weighted by Gasteiger charge is -2.23. The summed E-state index contributed by atoms with van der Waals surface area (Å²) in [4.78, 5) is 19.5. The van der Waals surface area contributed by atoms with E-state index in [2.05, 4.69) is 14.9 Å². The maximum Gasteiger partial charge on any atom is 0.248 e. The fourth-order valence-electron chi connectivity index (χ4n) is 4.29. The molecule has 1 fully saturated rings. The first-order chi connectivity index (χ1) is 14.1. The van der Waals surface area contributed by atoms with Crippen LogP contribution in [0.25, 0.3) is 21.9 Å². The molecule has 0 amide bonds. The van der Waals surface area contributed by atoms with Crippen LogP contribution in [0.1, 0.15) is 30.1 Å². The summed E-state index contributed by atoms with van der Waals surface area (Å²) in [5.74, 6) is -0.723. The lowest BCUT2D eigenvalue weighted by atomic mass is 9.97. The van der Waals surface area contributed by atoms with Crippen molar-refractivity contribution in [2.24, 2.45) is 0 Å². The fraction of sp³-hybridized carbons (Fsp3) is 0.273. The number of piperidine rings is 1. The van der Waals surface area contributed by atoms with E-state index in [0.29, 0.717) is 23.4 Å². The molecule has 2 N–H and O–H groups in total. The van der Waals surface area contributed by atoms with E-state index in [9.17, 15) is 13.6 Å². The highest BCUT2D eigenvalue weighted by atomic mass is 19.2. The lowest BCUT2D eigenvalue weighted by molar-refractivity contribution is 0.435. The molecule has 7 heteroatoms. The van der Waals surface area contributed by atoms with Crippen molar-refractivity contribution < 1.29 is 8.78 Å². The van der Waals surface area contributed by atoms with Gasteiger partial charge in [0, 0.05) is 17.4 Å². The van der Waals surface area contributed by atoms with Crippen molar-refractivity contribution in [1.82, 2.24) is 19.9 Å². The van der Waals surface area contributed by atoms with Crippen LogP contribution < -0.4 is 10.9 Å². The Bertz CT molecular complexity index is 1270. The minimum absolute atomic E-state index is 0.0969. The van der Waals surface area contributed by atoms with Gasteiger partial charge in [0.05, 0.1) is 23.1 Å². The molecule has 0 bridgehead atoms. The van der Waals surface area contributed by atoms with Crippen LogP contribution >= 0.6 is 0 Å². The summed E-state index contributed by atoms with van der Waals surface area (Å²) in [6.45, 7) is 2.24. The molecule has 5 rings (SSSR count). The van der Waals surface area contributed by atoms with E-state index < -0.39 is 17.2 Å². The summed E-state index contributed by atoms with van der Waals surface area (Å²) in [5.41, 5.74) is 1.95. The molecule has 3 heterocycles. The van der Waals surface area contributed by atoms with E-state index >= 15 is 0 Å². The molecule has 1 saturated heterocycles. The van der Waals surface area contributed by atoms with Crippen LogP contribution in [-0.4, -0.2) is 27.6 Å². The summed E-state index contributed by atoms with van der Waals surface area (Å²) >= 11 is 0. The largest absolute Gasteiger partial charge is 0.323 e. The number of hydrogen-bond donors (Lipinski definition) is 2. The second-order valence-electron chi connectivity index (χ2n) is 7.51. The van der Waals surface area contributed by atoms with Crippen molar-refractivity contribution in [3.63, 3.8) is 0 Å². The van der Waals surface area contributed by atoms with Crippen LogP contribution in [0.3, 0.4) is 0 Å². The molecule has 5 nitrogen and oxygen atoms in total. The van der Waals surface area contributed by atoms with Gasteiger partial charge in [0.1, 0.15) is 5.82 Å². The number of H-pyrrole nitrogens is 1. The number of nitrogens with zero attached hydrogens (tertiary/aromatic N) is 2. The van der Waals surface area contributed by atoms with Gasteiger partial charge >= 0.3 is 0 Å². The number of aromatic amines is 1. The number of fused-ring (bicyclic) bond motifs is 2. The number of hydrogen-bond acceptors (Lipinski definition) is 3. The summed E-state index contributed by atoms with van der Waals surface area (Å²) in [6, 6.07) is 12.0. The number of aromatic nitrogens is 3. The van der Waals surface area contributed by atoms with Gasteiger partial charge in [-0.05, 0) is 55.8 Å². The molecule has 148 valence electrons. The highest BCUT2D eigenvalue weighted by Crippen LogP contribution is 2.30. The van der Waals surface area contributed by atoms with E-state index in [1.54, 1.807) is 0 Å². The number of benzene rings is 2. The van der Waals surface area contributed by atoms with Gasteiger partial charge in [0.25, 0.3) is 0 Å². The van der Waals surface area contributed by atoms with Gasteiger partial charge in [-0.2, -0.15) is 0 Å². The Labute approximate surface area is 165 Å². The van der Waals surface area contributed by atoms with Crippen molar-refractivity contribution in [3.05, 3.63) is 75.8 Å². The van der Waals surface area contributed by atoms with Gasteiger partial charge in [-0.25, -0.2) is 13.8 Å². The zero-order chi connectivity index (χ0) is 20.0. The summed E-state index contributed by atoms with van der Waals surface area (Å²) in [5, 5.41) is 3.87. The Morgan fingerprint density at radius 2 is 1.90 bits per heavy atom. The molecular weight excluding hydrogens is 374 g/mol. The molecule has 4 aromatic rings. The summed E-state index contributed by atoms with van der Waals surface area (Å²) in [7, 11) is 0. The molecule has 0 aliphatic carbocycles. The van der Waals surface area contributed by atoms with Crippen LogP contribution in [-0.2, 0) is 6.54 Å². The maximum absolute atomic E-state index is 14.3. The Kier molecular flexibility index (Phi) is 4.39.